The average molecular weight is 230 g/mol. The quantitative estimate of drug-likeness (QED) is 0.845. The Bertz CT molecular complexity index is 407. The van der Waals surface area contributed by atoms with E-state index in [1.807, 2.05) is 18.2 Å². The average Bonchev–Trinajstić information content (AvgIpc) is 3.03. The molecule has 1 fully saturated rings. The SMILES string of the molecule is CC(NC1CC1C)c1ccc(OCC#N)cc1. The van der Waals surface area contributed by atoms with Crippen molar-refractivity contribution in [2.24, 2.45) is 5.92 Å². The van der Waals surface area contributed by atoms with Crippen LogP contribution in [-0.2, 0) is 0 Å². The molecular weight excluding hydrogens is 212 g/mol. The summed E-state index contributed by atoms with van der Waals surface area (Å²) in [6.45, 7) is 4.55. The van der Waals surface area contributed by atoms with Crippen molar-refractivity contribution < 1.29 is 4.74 Å². The van der Waals surface area contributed by atoms with Crippen molar-refractivity contribution in [3.8, 4) is 11.8 Å². The fourth-order valence-corrected chi connectivity index (χ4v) is 1.94. The third-order valence-electron chi connectivity index (χ3n) is 3.26. The molecule has 0 spiro atoms. The predicted molar refractivity (Wildman–Crippen MR) is 66.7 cm³/mol. The molecule has 2 rings (SSSR count). The van der Waals surface area contributed by atoms with Gasteiger partial charge in [-0.05, 0) is 37.0 Å². The lowest BCUT2D eigenvalue weighted by Crippen LogP contribution is -2.21. The fourth-order valence-electron chi connectivity index (χ4n) is 1.94. The van der Waals surface area contributed by atoms with Gasteiger partial charge in [0.15, 0.2) is 6.61 Å². The van der Waals surface area contributed by atoms with E-state index in [0.29, 0.717) is 12.1 Å². The number of nitriles is 1. The Morgan fingerprint density at radius 1 is 1.47 bits per heavy atom. The highest BCUT2D eigenvalue weighted by molar-refractivity contribution is 5.29. The van der Waals surface area contributed by atoms with Crippen molar-refractivity contribution in [1.82, 2.24) is 5.32 Å². The standard InChI is InChI=1S/C14H18N2O/c1-10-9-14(10)16-11(2)12-3-5-13(6-4-12)17-8-7-15/h3-6,10-11,14,16H,8-9H2,1-2H3. The van der Waals surface area contributed by atoms with Crippen LogP contribution in [0.2, 0.25) is 0 Å². The lowest BCUT2D eigenvalue weighted by atomic mass is 10.1. The van der Waals surface area contributed by atoms with Gasteiger partial charge in [0, 0.05) is 12.1 Å². The van der Waals surface area contributed by atoms with Crippen molar-refractivity contribution >= 4 is 0 Å². The Balaban J connectivity index is 1.90. The van der Waals surface area contributed by atoms with Gasteiger partial charge in [-0.3, -0.25) is 0 Å². The number of rotatable bonds is 5. The van der Waals surface area contributed by atoms with E-state index in [-0.39, 0.29) is 6.61 Å². The van der Waals surface area contributed by atoms with Crippen LogP contribution in [0.3, 0.4) is 0 Å². The summed E-state index contributed by atoms with van der Waals surface area (Å²) in [7, 11) is 0. The summed E-state index contributed by atoms with van der Waals surface area (Å²) in [5.74, 6) is 1.57. The maximum atomic E-state index is 8.42. The van der Waals surface area contributed by atoms with Gasteiger partial charge in [-0.1, -0.05) is 19.1 Å². The van der Waals surface area contributed by atoms with E-state index in [0.717, 1.165) is 11.7 Å². The van der Waals surface area contributed by atoms with E-state index in [1.165, 1.54) is 12.0 Å². The van der Waals surface area contributed by atoms with E-state index in [2.05, 4.69) is 31.3 Å². The van der Waals surface area contributed by atoms with Crippen molar-refractivity contribution in [1.29, 1.82) is 5.26 Å². The molecule has 1 aliphatic rings. The second kappa shape index (κ2) is 5.20. The van der Waals surface area contributed by atoms with Crippen LogP contribution in [0.1, 0.15) is 31.9 Å². The van der Waals surface area contributed by atoms with E-state index in [9.17, 15) is 0 Å². The van der Waals surface area contributed by atoms with E-state index >= 15 is 0 Å². The molecule has 0 aliphatic heterocycles. The van der Waals surface area contributed by atoms with Crippen LogP contribution >= 0.6 is 0 Å². The van der Waals surface area contributed by atoms with Gasteiger partial charge in [0.05, 0.1) is 0 Å². The molecule has 0 heterocycles. The summed E-state index contributed by atoms with van der Waals surface area (Å²) < 4.78 is 5.22. The summed E-state index contributed by atoms with van der Waals surface area (Å²) in [6, 6.07) is 11.0. The molecule has 1 aromatic rings. The molecular formula is C14H18N2O. The minimum absolute atomic E-state index is 0.104. The van der Waals surface area contributed by atoms with Gasteiger partial charge in [0.1, 0.15) is 11.8 Å². The first-order valence-electron chi connectivity index (χ1n) is 6.06. The smallest absolute Gasteiger partial charge is 0.174 e. The van der Waals surface area contributed by atoms with Crippen molar-refractivity contribution in [2.45, 2.75) is 32.4 Å². The molecule has 90 valence electrons. The first kappa shape index (κ1) is 11.9. The number of hydrogen-bond acceptors (Lipinski definition) is 3. The van der Waals surface area contributed by atoms with Crippen LogP contribution in [0.15, 0.2) is 24.3 Å². The predicted octanol–water partition coefficient (Wildman–Crippen LogP) is 2.65. The topological polar surface area (TPSA) is 45.0 Å². The van der Waals surface area contributed by atoms with Crippen molar-refractivity contribution in [2.75, 3.05) is 6.61 Å². The summed E-state index contributed by atoms with van der Waals surface area (Å²) in [6.07, 6.45) is 1.29. The Morgan fingerprint density at radius 3 is 2.65 bits per heavy atom. The third-order valence-corrected chi connectivity index (χ3v) is 3.26. The lowest BCUT2D eigenvalue weighted by molar-refractivity contribution is 0.368. The Labute approximate surface area is 102 Å². The van der Waals surface area contributed by atoms with Gasteiger partial charge < -0.3 is 10.1 Å². The minimum Gasteiger partial charge on any atom is -0.479 e. The molecule has 1 saturated carbocycles. The molecule has 1 N–H and O–H groups in total. The number of ether oxygens (including phenoxy) is 1. The number of hydrogen-bond donors (Lipinski definition) is 1. The Kier molecular flexibility index (Phi) is 3.65. The van der Waals surface area contributed by atoms with Gasteiger partial charge in [-0.15, -0.1) is 0 Å². The van der Waals surface area contributed by atoms with E-state index in [4.69, 9.17) is 10.00 Å². The van der Waals surface area contributed by atoms with Crippen LogP contribution in [0, 0.1) is 17.2 Å². The second-order valence-corrected chi connectivity index (χ2v) is 4.72. The molecule has 0 radical (unpaired) electrons. The molecule has 3 unspecified atom stereocenters. The zero-order valence-electron chi connectivity index (χ0n) is 10.3. The van der Waals surface area contributed by atoms with Crippen LogP contribution < -0.4 is 10.1 Å². The summed E-state index contributed by atoms with van der Waals surface area (Å²) in [5, 5.41) is 12.0. The molecule has 0 amide bonds. The van der Waals surface area contributed by atoms with Gasteiger partial charge in [-0.2, -0.15) is 5.26 Å². The first-order valence-corrected chi connectivity index (χ1v) is 6.06. The zero-order chi connectivity index (χ0) is 12.3. The highest BCUT2D eigenvalue weighted by Crippen LogP contribution is 2.31. The zero-order valence-corrected chi connectivity index (χ0v) is 10.3. The molecule has 0 saturated heterocycles. The normalized spacial score (nSPS) is 23.8. The van der Waals surface area contributed by atoms with Crippen LogP contribution in [0.4, 0.5) is 0 Å². The largest absolute Gasteiger partial charge is 0.479 e. The first-order chi connectivity index (χ1) is 8.20. The molecule has 3 atom stereocenters. The van der Waals surface area contributed by atoms with Gasteiger partial charge in [0.25, 0.3) is 0 Å². The fraction of sp³-hybridized carbons (Fsp3) is 0.500. The van der Waals surface area contributed by atoms with Gasteiger partial charge >= 0.3 is 0 Å². The molecule has 17 heavy (non-hydrogen) atoms. The molecule has 1 aromatic carbocycles. The molecule has 1 aliphatic carbocycles. The maximum absolute atomic E-state index is 8.42. The summed E-state index contributed by atoms with van der Waals surface area (Å²) >= 11 is 0. The van der Waals surface area contributed by atoms with Gasteiger partial charge in [-0.25, -0.2) is 0 Å². The van der Waals surface area contributed by atoms with Crippen LogP contribution in [0.5, 0.6) is 5.75 Å². The van der Waals surface area contributed by atoms with Crippen LogP contribution in [-0.4, -0.2) is 12.6 Å². The maximum Gasteiger partial charge on any atom is 0.174 e. The molecule has 3 nitrogen and oxygen atoms in total. The lowest BCUT2D eigenvalue weighted by Gasteiger charge is -2.14. The monoisotopic (exact) mass is 230 g/mol. The number of nitrogens with zero attached hydrogens (tertiary/aromatic N) is 1. The number of benzene rings is 1. The van der Waals surface area contributed by atoms with Gasteiger partial charge in [0.2, 0.25) is 0 Å². The van der Waals surface area contributed by atoms with Crippen LogP contribution in [0.25, 0.3) is 0 Å². The summed E-state index contributed by atoms with van der Waals surface area (Å²) in [4.78, 5) is 0. The van der Waals surface area contributed by atoms with Crippen molar-refractivity contribution in [3.63, 3.8) is 0 Å². The third kappa shape index (κ3) is 3.21. The van der Waals surface area contributed by atoms with E-state index < -0.39 is 0 Å². The minimum atomic E-state index is 0.104. The van der Waals surface area contributed by atoms with E-state index in [1.54, 1.807) is 0 Å². The highest BCUT2D eigenvalue weighted by atomic mass is 16.5. The number of nitrogens with one attached hydrogen (secondary N) is 1. The Hall–Kier alpha value is -1.53. The second-order valence-electron chi connectivity index (χ2n) is 4.72. The highest BCUT2D eigenvalue weighted by Gasteiger charge is 2.33. The van der Waals surface area contributed by atoms with Crippen molar-refractivity contribution in [3.05, 3.63) is 29.8 Å². The molecule has 3 heteroatoms. The molecule has 0 aromatic heterocycles. The summed E-state index contributed by atoms with van der Waals surface area (Å²) in [5.41, 5.74) is 1.26. The Morgan fingerprint density at radius 2 is 2.12 bits per heavy atom. The molecule has 0 bridgehead atoms.